The molecule has 0 spiro atoms. The van der Waals surface area contributed by atoms with Crippen LogP contribution in [0.25, 0.3) is 11.1 Å². The number of nitrogens with zero attached hydrogens (tertiary/aromatic N) is 3. The van der Waals surface area contributed by atoms with Crippen molar-refractivity contribution in [1.29, 1.82) is 0 Å². The van der Waals surface area contributed by atoms with Gasteiger partial charge in [-0.1, -0.05) is 6.07 Å². The van der Waals surface area contributed by atoms with Gasteiger partial charge in [0, 0.05) is 38.8 Å². The van der Waals surface area contributed by atoms with E-state index in [4.69, 9.17) is 18.6 Å². The van der Waals surface area contributed by atoms with Crippen LogP contribution in [0, 0.1) is 0 Å². The van der Waals surface area contributed by atoms with E-state index in [-0.39, 0.29) is 5.76 Å². The van der Waals surface area contributed by atoms with Gasteiger partial charge in [0.05, 0.1) is 19.3 Å². The quantitative estimate of drug-likeness (QED) is 0.653. The summed E-state index contributed by atoms with van der Waals surface area (Å²) in [4.78, 5) is 17.0. The topological polar surface area (TPSA) is 69.3 Å². The molecule has 1 saturated heterocycles. The van der Waals surface area contributed by atoms with Crippen molar-refractivity contribution < 1.29 is 18.6 Å². The van der Waals surface area contributed by atoms with Crippen molar-refractivity contribution in [2.45, 2.75) is 13.2 Å². The molecule has 8 nitrogen and oxygen atoms in total. The number of fused-ring (bicyclic) bond motifs is 2. The lowest BCUT2D eigenvalue weighted by atomic mass is 10.1. The summed E-state index contributed by atoms with van der Waals surface area (Å²) in [5.41, 5.74) is 2.56. The van der Waals surface area contributed by atoms with E-state index in [1.165, 1.54) is 5.56 Å². The molecule has 29 heavy (non-hydrogen) atoms. The van der Waals surface area contributed by atoms with Crippen LogP contribution in [0.2, 0.25) is 0 Å². The third kappa shape index (κ3) is 3.56. The fourth-order valence-corrected chi connectivity index (χ4v) is 3.89. The fourth-order valence-electron chi connectivity index (χ4n) is 3.89. The van der Waals surface area contributed by atoms with Gasteiger partial charge in [-0.3, -0.25) is 14.4 Å². The maximum atomic E-state index is 12.3. The molecule has 0 atom stereocenters. The van der Waals surface area contributed by atoms with Crippen LogP contribution in [0.15, 0.2) is 45.6 Å². The summed E-state index contributed by atoms with van der Waals surface area (Å²) in [5, 5.41) is 0. The summed E-state index contributed by atoms with van der Waals surface area (Å²) in [6.07, 6.45) is 0. The highest BCUT2D eigenvalue weighted by molar-refractivity contribution is 5.74. The SMILES string of the molecule is COc1ccc2c(c1)oc(=O)n2CN1CCN(Cc2ccc3c(c2)OCO3)CC1. The Balaban J connectivity index is 1.22. The minimum Gasteiger partial charge on any atom is -0.497 e. The first-order valence-electron chi connectivity index (χ1n) is 9.70. The lowest BCUT2D eigenvalue weighted by molar-refractivity contribution is 0.102. The molecule has 3 heterocycles. The number of aromatic nitrogens is 1. The molecule has 0 amide bonds. The largest absolute Gasteiger partial charge is 0.497 e. The third-order valence-corrected chi connectivity index (χ3v) is 5.52. The standard InChI is InChI=1S/C21H23N3O5/c1-26-16-3-4-17-19(11-16)29-21(25)24(17)13-23-8-6-22(7-9-23)12-15-2-5-18-20(10-15)28-14-27-18/h2-5,10-11H,6-9,12-14H2,1H3. The van der Waals surface area contributed by atoms with Gasteiger partial charge in [0.1, 0.15) is 5.75 Å². The van der Waals surface area contributed by atoms with Crippen LogP contribution in [0.5, 0.6) is 17.2 Å². The van der Waals surface area contributed by atoms with Crippen LogP contribution in [-0.4, -0.2) is 54.4 Å². The normalized spacial score (nSPS) is 17.1. The van der Waals surface area contributed by atoms with Crippen LogP contribution in [0.1, 0.15) is 5.56 Å². The van der Waals surface area contributed by atoms with Crippen LogP contribution >= 0.6 is 0 Å². The van der Waals surface area contributed by atoms with Gasteiger partial charge < -0.3 is 18.6 Å². The van der Waals surface area contributed by atoms with Gasteiger partial charge in [0.15, 0.2) is 17.1 Å². The van der Waals surface area contributed by atoms with E-state index in [0.29, 0.717) is 24.8 Å². The highest BCUT2D eigenvalue weighted by Crippen LogP contribution is 2.32. The van der Waals surface area contributed by atoms with E-state index in [0.717, 1.165) is 49.7 Å². The van der Waals surface area contributed by atoms with Crippen molar-refractivity contribution in [2.24, 2.45) is 0 Å². The molecule has 2 aliphatic rings. The first-order valence-corrected chi connectivity index (χ1v) is 9.70. The number of hydrogen-bond donors (Lipinski definition) is 0. The highest BCUT2D eigenvalue weighted by Gasteiger charge is 2.21. The minimum absolute atomic E-state index is 0.298. The Morgan fingerprint density at radius 2 is 1.76 bits per heavy atom. The Morgan fingerprint density at radius 1 is 0.966 bits per heavy atom. The highest BCUT2D eigenvalue weighted by atomic mass is 16.7. The molecule has 8 heteroatoms. The Morgan fingerprint density at radius 3 is 2.59 bits per heavy atom. The predicted octanol–water partition coefficient (Wildman–Crippen LogP) is 2.11. The van der Waals surface area contributed by atoms with E-state index in [9.17, 15) is 4.79 Å². The lowest BCUT2D eigenvalue weighted by Gasteiger charge is -2.34. The molecule has 3 aromatic rings. The van der Waals surface area contributed by atoms with E-state index in [1.807, 2.05) is 18.2 Å². The van der Waals surface area contributed by atoms with E-state index < -0.39 is 0 Å². The molecule has 5 rings (SSSR count). The zero-order valence-corrected chi connectivity index (χ0v) is 16.3. The van der Waals surface area contributed by atoms with Crippen LogP contribution < -0.4 is 20.0 Å². The van der Waals surface area contributed by atoms with E-state index in [1.54, 1.807) is 17.7 Å². The van der Waals surface area contributed by atoms with Crippen LogP contribution in [-0.2, 0) is 13.2 Å². The van der Waals surface area contributed by atoms with Gasteiger partial charge in [-0.25, -0.2) is 4.79 Å². The molecule has 0 radical (unpaired) electrons. The second-order valence-electron chi connectivity index (χ2n) is 7.35. The molecule has 0 saturated carbocycles. The molecule has 1 aromatic heterocycles. The second-order valence-corrected chi connectivity index (χ2v) is 7.35. The zero-order valence-electron chi connectivity index (χ0n) is 16.3. The average Bonchev–Trinajstić information content (AvgIpc) is 3.32. The second kappa shape index (κ2) is 7.46. The van der Waals surface area contributed by atoms with Crippen LogP contribution in [0.4, 0.5) is 0 Å². The summed E-state index contributed by atoms with van der Waals surface area (Å²) in [6, 6.07) is 11.6. The Kier molecular flexibility index (Phi) is 4.65. The minimum atomic E-state index is -0.337. The van der Waals surface area contributed by atoms with Crippen molar-refractivity contribution >= 4 is 11.1 Å². The van der Waals surface area contributed by atoms with Crippen LogP contribution in [0.3, 0.4) is 0 Å². The molecule has 0 bridgehead atoms. The number of methoxy groups -OCH3 is 1. The van der Waals surface area contributed by atoms with Gasteiger partial charge in [-0.05, 0) is 29.8 Å². The van der Waals surface area contributed by atoms with E-state index >= 15 is 0 Å². The number of piperazine rings is 1. The molecule has 0 aliphatic carbocycles. The number of benzene rings is 2. The average molecular weight is 397 g/mol. The smallest absolute Gasteiger partial charge is 0.421 e. The maximum absolute atomic E-state index is 12.3. The van der Waals surface area contributed by atoms with E-state index in [2.05, 4.69) is 21.9 Å². The van der Waals surface area contributed by atoms with Gasteiger partial charge >= 0.3 is 5.76 Å². The summed E-state index contributed by atoms with van der Waals surface area (Å²) in [5.74, 6) is 1.98. The molecule has 0 unspecified atom stereocenters. The maximum Gasteiger partial charge on any atom is 0.421 e. The van der Waals surface area contributed by atoms with Crippen molar-refractivity contribution in [3.63, 3.8) is 0 Å². The van der Waals surface area contributed by atoms with Crippen molar-refractivity contribution in [3.05, 3.63) is 52.5 Å². The van der Waals surface area contributed by atoms with Crippen molar-refractivity contribution in [2.75, 3.05) is 40.1 Å². The van der Waals surface area contributed by atoms with Gasteiger partial charge in [-0.2, -0.15) is 0 Å². The van der Waals surface area contributed by atoms with Gasteiger partial charge in [-0.15, -0.1) is 0 Å². The number of rotatable bonds is 5. The van der Waals surface area contributed by atoms with Crippen molar-refractivity contribution in [3.8, 4) is 17.2 Å². The number of ether oxygens (including phenoxy) is 3. The lowest BCUT2D eigenvalue weighted by Crippen LogP contribution is -2.47. The third-order valence-electron chi connectivity index (χ3n) is 5.52. The predicted molar refractivity (Wildman–Crippen MR) is 106 cm³/mol. The van der Waals surface area contributed by atoms with Gasteiger partial charge in [0.25, 0.3) is 0 Å². The monoisotopic (exact) mass is 397 g/mol. The molecule has 1 fully saturated rings. The zero-order chi connectivity index (χ0) is 19.8. The summed E-state index contributed by atoms with van der Waals surface area (Å²) in [6.45, 7) is 5.35. The summed E-state index contributed by atoms with van der Waals surface area (Å²) >= 11 is 0. The van der Waals surface area contributed by atoms with Crippen molar-refractivity contribution in [1.82, 2.24) is 14.4 Å². The number of oxazole rings is 1. The first kappa shape index (κ1) is 18.1. The molecule has 2 aliphatic heterocycles. The molecular weight excluding hydrogens is 374 g/mol. The molecular formula is C21H23N3O5. The summed E-state index contributed by atoms with van der Waals surface area (Å²) in [7, 11) is 1.60. The molecule has 152 valence electrons. The first-order chi connectivity index (χ1) is 14.2. The Labute approximate surface area is 167 Å². The summed E-state index contributed by atoms with van der Waals surface area (Å²) < 4.78 is 23.1. The number of hydrogen-bond acceptors (Lipinski definition) is 7. The molecule has 2 aromatic carbocycles. The Hall–Kier alpha value is -2.97. The Bertz CT molecular complexity index is 1080. The fraction of sp³-hybridized carbons (Fsp3) is 0.381. The van der Waals surface area contributed by atoms with Gasteiger partial charge in [0.2, 0.25) is 6.79 Å². The molecule has 0 N–H and O–H groups in total.